The molecule has 2 heterocycles. The number of benzene rings is 2. The van der Waals surface area contributed by atoms with Crippen molar-refractivity contribution in [2.45, 2.75) is 18.9 Å². The number of hydrogen-bond acceptors (Lipinski definition) is 4. The summed E-state index contributed by atoms with van der Waals surface area (Å²) in [6.07, 6.45) is 6.40. The van der Waals surface area contributed by atoms with Gasteiger partial charge in [-0.15, -0.1) is 0 Å². The average Bonchev–Trinajstić information content (AvgIpc) is 2.87. The van der Waals surface area contributed by atoms with Crippen molar-refractivity contribution in [1.29, 1.82) is 0 Å². The van der Waals surface area contributed by atoms with E-state index in [4.69, 9.17) is 0 Å². The molecule has 2 aliphatic rings. The Kier molecular flexibility index (Phi) is 5.87. The van der Waals surface area contributed by atoms with E-state index in [0.717, 1.165) is 45.6 Å². The first-order valence-corrected chi connectivity index (χ1v) is 10.1. The molecule has 27 heavy (non-hydrogen) atoms. The number of aliphatic hydroxyl groups is 1. The average molecular weight is 364 g/mol. The molecule has 4 nitrogen and oxygen atoms in total. The molecule has 0 saturated carbocycles. The van der Waals surface area contributed by atoms with Gasteiger partial charge in [-0.25, -0.2) is 0 Å². The summed E-state index contributed by atoms with van der Waals surface area (Å²) in [5.74, 6) is 0. The highest BCUT2D eigenvalue weighted by atomic mass is 16.3. The second kappa shape index (κ2) is 8.70. The molecule has 2 aromatic carbocycles. The maximum absolute atomic E-state index is 9.35. The minimum atomic E-state index is 0.265. The first-order valence-electron chi connectivity index (χ1n) is 10.1. The molecule has 1 saturated heterocycles. The van der Waals surface area contributed by atoms with E-state index in [1.807, 2.05) is 0 Å². The van der Waals surface area contributed by atoms with Gasteiger partial charge >= 0.3 is 0 Å². The largest absolute Gasteiger partial charge is 0.396 e. The Hall–Kier alpha value is -2.14. The fraction of sp³-hybridized carbons (Fsp3) is 0.391. The number of aliphatic hydroxyl groups excluding tert-OH is 1. The van der Waals surface area contributed by atoms with Crippen LogP contribution in [0.5, 0.6) is 0 Å². The van der Waals surface area contributed by atoms with E-state index in [2.05, 4.69) is 75.8 Å². The Morgan fingerprint density at radius 3 is 2.26 bits per heavy atom. The van der Waals surface area contributed by atoms with Gasteiger partial charge in [0.05, 0.1) is 0 Å². The van der Waals surface area contributed by atoms with Crippen LogP contribution in [0.15, 0.2) is 48.5 Å². The predicted octanol–water partition coefficient (Wildman–Crippen LogP) is 3.35. The third kappa shape index (κ3) is 4.08. The lowest BCUT2D eigenvalue weighted by Gasteiger charge is -2.36. The van der Waals surface area contributed by atoms with Gasteiger partial charge in [0, 0.05) is 56.7 Å². The standard InChI is InChI=1S/C23H29N3O/c27-17-12-21-18-24-13-16-25(21)14-5-15-26-22-8-3-1-6-19(22)10-11-20-7-2-4-9-23(20)26/h1-4,6-11,21,24,27H,5,12-18H2. The Balaban J connectivity index is 1.50. The van der Waals surface area contributed by atoms with E-state index in [1.165, 1.54) is 22.5 Å². The number of hydrogen-bond donors (Lipinski definition) is 2. The van der Waals surface area contributed by atoms with Gasteiger partial charge in [0.25, 0.3) is 0 Å². The van der Waals surface area contributed by atoms with Crippen molar-refractivity contribution in [2.75, 3.05) is 44.2 Å². The second-order valence-corrected chi connectivity index (χ2v) is 7.36. The number of para-hydroxylation sites is 2. The van der Waals surface area contributed by atoms with Crippen LogP contribution in [0.3, 0.4) is 0 Å². The summed E-state index contributed by atoms with van der Waals surface area (Å²) >= 11 is 0. The molecule has 0 aliphatic carbocycles. The number of piperazine rings is 1. The van der Waals surface area contributed by atoms with Crippen molar-refractivity contribution in [1.82, 2.24) is 10.2 Å². The molecule has 142 valence electrons. The molecule has 0 amide bonds. The lowest BCUT2D eigenvalue weighted by molar-refractivity contribution is 0.130. The molecule has 0 bridgehead atoms. The molecule has 2 N–H and O–H groups in total. The van der Waals surface area contributed by atoms with Gasteiger partial charge < -0.3 is 15.3 Å². The molecule has 1 unspecified atom stereocenters. The Morgan fingerprint density at radius 2 is 1.59 bits per heavy atom. The van der Waals surface area contributed by atoms with Crippen LogP contribution >= 0.6 is 0 Å². The van der Waals surface area contributed by atoms with Gasteiger partial charge in [-0.05, 0) is 36.1 Å². The smallest absolute Gasteiger partial charge is 0.0484 e. The fourth-order valence-corrected chi connectivity index (χ4v) is 4.26. The SMILES string of the molecule is OCCC1CNCCN1CCCN1c2ccccc2C=Cc2ccccc21. The van der Waals surface area contributed by atoms with Gasteiger partial charge in [-0.1, -0.05) is 48.6 Å². The highest BCUT2D eigenvalue weighted by molar-refractivity contribution is 5.88. The van der Waals surface area contributed by atoms with Crippen molar-refractivity contribution < 1.29 is 5.11 Å². The quantitative estimate of drug-likeness (QED) is 0.826. The van der Waals surface area contributed by atoms with Crippen LogP contribution in [0.1, 0.15) is 24.0 Å². The number of nitrogens with zero attached hydrogens (tertiary/aromatic N) is 2. The maximum Gasteiger partial charge on any atom is 0.0484 e. The highest BCUT2D eigenvalue weighted by Gasteiger charge is 2.22. The molecule has 2 aromatic rings. The van der Waals surface area contributed by atoms with Gasteiger partial charge in [-0.3, -0.25) is 4.90 Å². The predicted molar refractivity (Wildman–Crippen MR) is 113 cm³/mol. The number of rotatable bonds is 6. The van der Waals surface area contributed by atoms with Crippen LogP contribution in [-0.2, 0) is 0 Å². The summed E-state index contributed by atoms with van der Waals surface area (Å²) < 4.78 is 0. The zero-order valence-electron chi connectivity index (χ0n) is 15.8. The van der Waals surface area contributed by atoms with Crippen LogP contribution in [-0.4, -0.2) is 55.4 Å². The fourth-order valence-electron chi connectivity index (χ4n) is 4.26. The molecule has 0 radical (unpaired) electrons. The third-order valence-corrected chi connectivity index (χ3v) is 5.66. The Morgan fingerprint density at radius 1 is 0.926 bits per heavy atom. The van der Waals surface area contributed by atoms with Crippen molar-refractivity contribution >= 4 is 23.5 Å². The van der Waals surface area contributed by atoms with Crippen molar-refractivity contribution in [2.24, 2.45) is 0 Å². The van der Waals surface area contributed by atoms with Gasteiger partial charge in [0.1, 0.15) is 0 Å². The summed E-state index contributed by atoms with van der Waals surface area (Å²) in [5.41, 5.74) is 5.11. The second-order valence-electron chi connectivity index (χ2n) is 7.36. The zero-order valence-corrected chi connectivity index (χ0v) is 15.8. The maximum atomic E-state index is 9.35. The highest BCUT2D eigenvalue weighted by Crippen LogP contribution is 2.36. The van der Waals surface area contributed by atoms with E-state index in [1.54, 1.807) is 0 Å². The van der Waals surface area contributed by atoms with Gasteiger partial charge in [0.2, 0.25) is 0 Å². The normalized spacial score (nSPS) is 19.4. The lowest BCUT2D eigenvalue weighted by Crippen LogP contribution is -2.52. The van der Waals surface area contributed by atoms with E-state index in [9.17, 15) is 5.11 Å². The van der Waals surface area contributed by atoms with Crippen molar-refractivity contribution in [3.63, 3.8) is 0 Å². The molecule has 4 heteroatoms. The number of nitrogens with one attached hydrogen (secondary N) is 1. The minimum Gasteiger partial charge on any atom is -0.396 e. The van der Waals surface area contributed by atoms with Crippen LogP contribution in [0.2, 0.25) is 0 Å². The van der Waals surface area contributed by atoms with E-state index < -0.39 is 0 Å². The van der Waals surface area contributed by atoms with Crippen molar-refractivity contribution in [3.05, 3.63) is 59.7 Å². The Bertz CT molecular complexity index is 737. The van der Waals surface area contributed by atoms with Crippen LogP contribution in [0, 0.1) is 0 Å². The number of fused-ring (bicyclic) bond motifs is 2. The monoisotopic (exact) mass is 363 g/mol. The summed E-state index contributed by atoms with van der Waals surface area (Å²) in [7, 11) is 0. The topological polar surface area (TPSA) is 38.7 Å². The molecule has 0 aromatic heterocycles. The van der Waals surface area contributed by atoms with Gasteiger partial charge in [-0.2, -0.15) is 0 Å². The summed E-state index contributed by atoms with van der Waals surface area (Å²) in [6.45, 7) is 5.42. The van der Waals surface area contributed by atoms with E-state index >= 15 is 0 Å². The summed E-state index contributed by atoms with van der Waals surface area (Å²) in [6, 6.07) is 17.8. The molecular formula is C23H29N3O. The van der Waals surface area contributed by atoms with Gasteiger partial charge in [0.15, 0.2) is 0 Å². The van der Waals surface area contributed by atoms with Crippen LogP contribution < -0.4 is 10.2 Å². The molecule has 0 spiro atoms. The van der Waals surface area contributed by atoms with Crippen LogP contribution in [0.25, 0.3) is 12.2 Å². The first kappa shape index (κ1) is 18.2. The van der Waals surface area contributed by atoms with Crippen molar-refractivity contribution in [3.8, 4) is 0 Å². The van der Waals surface area contributed by atoms with E-state index in [-0.39, 0.29) is 6.61 Å². The molecule has 1 fully saturated rings. The third-order valence-electron chi connectivity index (χ3n) is 5.66. The Labute approximate surface area is 162 Å². The first-order chi connectivity index (χ1) is 13.4. The molecule has 1 atom stereocenters. The summed E-state index contributed by atoms with van der Waals surface area (Å²) in [4.78, 5) is 5.01. The van der Waals surface area contributed by atoms with Crippen LogP contribution in [0.4, 0.5) is 11.4 Å². The molecule has 4 rings (SSSR count). The minimum absolute atomic E-state index is 0.265. The molecular weight excluding hydrogens is 334 g/mol. The number of anilines is 2. The van der Waals surface area contributed by atoms with E-state index in [0.29, 0.717) is 6.04 Å². The lowest BCUT2D eigenvalue weighted by atomic mass is 10.1. The molecule has 2 aliphatic heterocycles. The zero-order chi connectivity index (χ0) is 18.5. The summed E-state index contributed by atoms with van der Waals surface area (Å²) in [5, 5.41) is 12.8.